The van der Waals surface area contributed by atoms with Crippen LogP contribution in [0.1, 0.15) is 19.0 Å². The summed E-state index contributed by atoms with van der Waals surface area (Å²) in [5.41, 5.74) is 2.28. The van der Waals surface area contributed by atoms with E-state index in [1.807, 2.05) is 11.4 Å². The maximum absolute atomic E-state index is 4.46. The molecule has 1 unspecified atom stereocenters. The van der Waals surface area contributed by atoms with Crippen molar-refractivity contribution >= 4 is 17.3 Å². The zero-order valence-electron chi connectivity index (χ0n) is 14.1. The van der Waals surface area contributed by atoms with Crippen molar-refractivity contribution in [2.75, 3.05) is 29.4 Å². The van der Waals surface area contributed by atoms with E-state index in [0.717, 1.165) is 37.6 Å². The van der Waals surface area contributed by atoms with Gasteiger partial charge < -0.3 is 9.80 Å². The predicted molar refractivity (Wildman–Crippen MR) is 95.6 cm³/mol. The molecule has 0 N–H and O–H groups in total. The van der Waals surface area contributed by atoms with Crippen molar-refractivity contribution in [1.82, 2.24) is 19.6 Å². The van der Waals surface area contributed by atoms with Crippen LogP contribution < -0.4 is 9.80 Å². The monoisotopic (exact) mass is 322 g/mol. The van der Waals surface area contributed by atoms with Gasteiger partial charge in [0.05, 0.1) is 0 Å². The molecule has 1 aliphatic heterocycles. The Hall–Kier alpha value is -2.63. The number of hydrogen-bond donors (Lipinski definition) is 0. The van der Waals surface area contributed by atoms with Gasteiger partial charge in [-0.25, -0.2) is 4.98 Å². The second-order valence-corrected chi connectivity index (χ2v) is 6.26. The summed E-state index contributed by atoms with van der Waals surface area (Å²) in [5.74, 6) is 1.76. The molecule has 1 atom stereocenters. The fourth-order valence-corrected chi connectivity index (χ4v) is 3.50. The van der Waals surface area contributed by atoms with Crippen molar-refractivity contribution in [3.63, 3.8) is 0 Å². The lowest BCUT2D eigenvalue weighted by Crippen LogP contribution is -2.53. The van der Waals surface area contributed by atoms with E-state index in [2.05, 4.69) is 68.2 Å². The van der Waals surface area contributed by atoms with Gasteiger partial charge in [0, 0.05) is 43.1 Å². The molecular weight excluding hydrogens is 300 g/mol. The zero-order chi connectivity index (χ0) is 16.5. The lowest BCUT2D eigenvalue weighted by Gasteiger charge is -2.43. The molecule has 2 aromatic heterocycles. The van der Waals surface area contributed by atoms with Gasteiger partial charge in [-0.15, -0.1) is 0 Å². The number of fused-ring (bicyclic) bond motifs is 1. The first kappa shape index (κ1) is 14.9. The Labute approximate surface area is 141 Å². The first-order valence-electron chi connectivity index (χ1n) is 8.50. The predicted octanol–water partition coefficient (Wildman–Crippen LogP) is 2.54. The average Bonchev–Trinajstić information content (AvgIpc) is 3.09. The molecule has 4 rings (SSSR count). The van der Waals surface area contributed by atoms with Crippen LogP contribution in [-0.2, 0) is 0 Å². The molecule has 6 nitrogen and oxygen atoms in total. The summed E-state index contributed by atoms with van der Waals surface area (Å²) < 4.78 is 1.85. The quantitative estimate of drug-likeness (QED) is 0.742. The first-order chi connectivity index (χ1) is 11.8. The molecule has 1 saturated heterocycles. The number of anilines is 2. The average molecular weight is 322 g/mol. The number of aromatic nitrogens is 4. The van der Waals surface area contributed by atoms with Crippen LogP contribution >= 0.6 is 0 Å². The van der Waals surface area contributed by atoms with Crippen LogP contribution in [0.2, 0.25) is 0 Å². The molecule has 0 spiro atoms. The topological polar surface area (TPSA) is 49.6 Å². The molecule has 1 fully saturated rings. The fraction of sp³-hybridized carbons (Fsp3) is 0.389. The van der Waals surface area contributed by atoms with E-state index < -0.39 is 0 Å². The highest BCUT2D eigenvalue weighted by atomic mass is 15.4. The summed E-state index contributed by atoms with van der Waals surface area (Å²) >= 11 is 0. The van der Waals surface area contributed by atoms with Crippen LogP contribution in [0.3, 0.4) is 0 Å². The molecule has 1 aliphatic rings. The van der Waals surface area contributed by atoms with Crippen molar-refractivity contribution in [2.45, 2.75) is 26.3 Å². The maximum Gasteiger partial charge on any atom is 0.254 e. The van der Waals surface area contributed by atoms with E-state index in [4.69, 9.17) is 0 Å². The molecule has 3 aromatic rings. The second-order valence-electron chi connectivity index (χ2n) is 6.26. The van der Waals surface area contributed by atoms with Gasteiger partial charge in [-0.3, -0.25) is 0 Å². The van der Waals surface area contributed by atoms with E-state index in [1.54, 1.807) is 6.33 Å². The van der Waals surface area contributed by atoms with Gasteiger partial charge >= 0.3 is 0 Å². The van der Waals surface area contributed by atoms with Gasteiger partial charge in [0.2, 0.25) is 0 Å². The molecule has 0 saturated carbocycles. The molecule has 1 aromatic carbocycles. The van der Waals surface area contributed by atoms with Gasteiger partial charge in [-0.2, -0.15) is 14.6 Å². The Kier molecular flexibility index (Phi) is 3.80. The number of piperazine rings is 1. The van der Waals surface area contributed by atoms with Crippen molar-refractivity contribution < 1.29 is 0 Å². The van der Waals surface area contributed by atoms with Crippen molar-refractivity contribution in [3.8, 4) is 0 Å². The minimum absolute atomic E-state index is 0.438. The summed E-state index contributed by atoms with van der Waals surface area (Å²) in [6, 6.07) is 13.2. The van der Waals surface area contributed by atoms with Gasteiger partial charge in [0.15, 0.2) is 0 Å². The number of benzene rings is 1. The van der Waals surface area contributed by atoms with Gasteiger partial charge in [-0.1, -0.05) is 25.1 Å². The third kappa shape index (κ3) is 2.58. The third-order valence-corrected chi connectivity index (χ3v) is 4.73. The number of hydrogen-bond acceptors (Lipinski definition) is 5. The molecule has 0 radical (unpaired) electrons. The van der Waals surface area contributed by atoms with E-state index >= 15 is 0 Å². The minimum Gasteiger partial charge on any atom is -0.368 e. The summed E-state index contributed by atoms with van der Waals surface area (Å²) in [6.07, 6.45) is 2.66. The molecule has 124 valence electrons. The number of para-hydroxylation sites is 1. The Morgan fingerprint density at radius 2 is 2.00 bits per heavy atom. The summed E-state index contributed by atoms with van der Waals surface area (Å²) in [6.45, 7) is 7.24. The fourth-order valence-electron chi connectivity index (χ4n) is 3.50. The lowest BCUT2D eigenvalue weighted by atomic mass is 10.1. The van der Waals surface area contributed by atoms with Crippen molar-refractivity contribution in [3.05, 3.63) is 48.4 Å². The molecule has 24 heavy (non-hydrogen) atoms. The maximum atomic E-state index is 4.46. The number of rotatable bonds is 3. The highest BCUT2D eigenvalue weighted by Crippen LogP contribution is 2.25. The van der Waals surface area contributed by atoms with Crippen LogP contribution in [0.4, 0.5) is 11.5 Å². The Morgan fingerprint density at radius 3 is 2.79 bits per heavy atom. The number of aryl methyl sites for hydroxylation is 1. The molecule has 0 aliphatic carbocycles. The molecule has 0 bridgehead atoms. The summed E-state index contributed by atoms with van der Waals surface area (Å²) in [4.78, 5) is 13.6. The zero-order valence-corrected chi connectivity index (χ0v) is 14.1. The lowest BCUT2D eigenvalue weighted by molar-refractivity contribution is 0.501. The third-order valence-electron chi connectivity index (χ3n) is 4.73. The van der Waals surface area contributed by atoms with Crippen molar-refractivity contribution in [1.29, 1.82) is 0 Å². The van der Waals surface area contributed by atoms with E-state index in [0.29, 0.717) is 11.8 Å². The SMILES string of the molecule is CCC1CN(c2ccccc2)CCN1c1cc(C)nc2ncnn12. The molecule has 0 amide bonds. The summed E-state index contributed by atoms with van der Waals surface area (Å²) in [7, 11) is 0. The van der Waals surface area contributed by atoms with Gasteiger partial charge in [0.1, 0.15) is 12.1 Å². The Bertz CT molecular complexity index is 828. The van der Waals surface area contributed by atoms with Crippen LogP contribution in [0, 0.1) is 6.92 Å². The highest BCUT2D eigenvalue weighted by Gasteiger charge is 2.28. The first-order valence-corrected chi connectivity index (χ1v) is 8.50. The van der Waals surface area contributed by atoms with Gasteiger partial charge in [0.25, 0.3) is 5.78 Å². The van der Waals surface area contributed by atoms with E-state index in [1.165, 1.54) is 5.69 Å². The molecular formula is C18H22N6. The molecule has 3 heterocycles. The second kappa shape index (κ2) is 6.11. The highest BCUT2D eigenvalue weighted by molar-refractivity contribution is 5.52. The Morgan fingerprint density at radius 1 is 1.17 bits per heavy atom. The standard InChI is InChI=1S/C18H22N6/c1-3-15-12-22(16-7-5-4-6-8-16)9-10-23(15)17-11-14(2)21-18-19-13-20-24(17)18/h4-8,11,13,15H,3,9-10,12H2,1-2H3. The smallest absolute Gasteiger partial charge is 0.254 e. The number of nitrogens with zero attached hydrogens (tertiary/aromatic N) is 6. The van der Waals surface area contributed by atoms with Crippen LogP contribution in [-0.4, -0.2) is 45.3 Å². The normalized spacial score (nSPS) is 18.3. The van der Waals surface area contributed by atoms with Crippen LogP contribution in [0.25, 0.3) is 5.78 Å². The van der Waals surface area contributed by atoms with Crippen molar-refractivity contribution in [2.24, 2.45) is 0 Å². The minimum atomic E-state index is 0.438. The van der Waals surface area contributed by atoms with Crippen LogP contribution in [0.15, 0.2) is 42.7 Å². The van der Waals surface area contributed by atoms with E-state index in [-0.39, 0.29) is 0 Å². The Balaban J connectivity index is 1.65. The largest absolute Gasteiger partial charge is 0.368 e. The van der Waals surface area contributed by atoms with Gasteiger partial charge in [-0.05, 0) is 25.5 Å². The van der Waals surface area contributed by atoms with E-state index in [9.17, 15) is 0 Å². The van der Waals surface area contributed by atoms with Crippen LogP contribution in [0.5, 0.6) is 0 Å². The summed E-state index contributed by atoms with van der Waals surface area (Å²) in [5, 5.41) is 4.37. The molecule has 6 heteroatoms.